The number of hydrogen-bond acceptors (Lipinski definition) is 3. The Kier molecular flexibility index (Phi) is 6.86. The van der Waals surface area contributed by atoms with Crippen LogP contribution in [0, 0.1) is 0 Å². The second-order valence-electron chi connectivity index (χ2n) is 2.94. The van der Waals surface area contributed by atoms with Gasteiger partial charge >= 0.3 is 0 Å². The third-order valence-corrected chi connectivity index (χ3v) is 2.19. The lowest BCUT2D eigenvalue weighted by Gasteiger charge is -2.29. The molecule has 0 aliphatic carbocycles. The van der Waals surface area contributed by atoms with E-state index in [2.05, 4.69) is 0 Å². The predicted octanol–water partition coefficient (Wildman–Crippen LogP) is 0.611. The molecule has 0 aromatic heterocycles. The first kappa shape index (κ1) is 13.7. The van der Waals surface area contributed by atoms with E-state index in [0.29, 0.717) is 6.42 Å². The van der Waals surface area contributed by atoms with Crippen molar-refractivity contribution in [3.05, 3.63) is 0 Å². The first-order chi connectivity index (χ1) is 6.52. The highest BCUT2D eigenvalue weighted by Gasteiger charge is 2.21. The lowest BCUT2D eigenvalue weighted by atomic mass is 10.2. The van der Waals surface area contributed by atoms with Crippen molar-refractivity contribution in [2.24, 2.45) is 5.73 Å². The van der Waals surface area contributed by atoms with Crippen LogP contribution in [0.25, 0.3) is 0 Å². The highest BCUT2D eigenvalue weighted by molar-refractivity contribution is 7.80. The van der Waals surface area contributed by atoms with Gasteiger partial charge in [0, 0.05) is 6.54 Å². The Hall–Kier alpha value is -0.330. The minimum Gasteiger partial charge on any atom is -0.395 e. The lowest BCUT2D eigenvalue weighted by Crippen LogP contribution is -2.46. The van der Waals surface area contributed by atoms with E-state index in [-0.39, 0.29) is 24.2 Å². The molecule has 6 heteroatoms. The number of aliphatic hydroxyl groups excluding tert-OH is 1. The molecule has 14 heavy (non-hydrogen) atoms. The molecule has 0 saturated heterocycles. The zero-order valence-corrected chi connectivity index (χ0v) is 8.94. The van der Waals surface area contributed by atoms with Crippen molar-refractivity contribution in [3.63, 3.8) is 0 Å². The van der Waals surface area contributed by atoms with Crippen LogP contribution in [0.5, 0.6) is 0 Å². The summed E-state index contributed by atoms with van der Waals surface area (Å²) in [5.41, 5.74) is 5.42. The molecule has 0 aliphatic rings. The van der Waals surface area contributed by atoms with Crippen molar-refractivity contribution in [1.29, 1.82) is 0 Å². The van der Waals surface area contributed by atoms with Crippen molar-refractivity contribution < 1.29 is 13.9 Å². The third-order valence-electron chi connectivity index (χ3n) is 1.92. The number of hydrogen-bond donors (Lipinski definition) is 2. The van der Waals surface area contributed by atoms with Crippen LogP contribution in [0.3, 0.4) is 0 Å². The molecule has 0 aromatic carbocycles. The van der Waals surface area contributed by atoms with Crippen LogP contribution in [-0.2, 0) is 0 Å². The Morgan fingerprint density at radius 3 is 2.43 bits per heavy atom. The Labute approximate surface area is 87.9 Å². The van der Waals surface area contributed by atoms with Gasteiger partial charge in [-0.3, -0.25) is 4.90 Å². The lowest BCUT2D eigenvalue weighted by molar-refractivity contribution is 0.0682. The minimum atomic E-state index is -2.44. The van der Waals surface area contributed by atoms with Gasteiger partial charge in [-0.15, -0.1) is 0 Å². The molecule has 0 bridgehead atoms. The van der Waals surface area contributed by atoms with E-state index in [0.717, 1.165) is 0 Å². The average molecular weight is 226 g/mol. The number of rotatable bonds is 7. The van der Waals surface area contributed by atoms with Crippen LogP contribution in [0.1, 0.15) is 13.3 Å². The zero-order chi connectivity index (χ0) is 11.1. The summed E-state index contributed by atoms with van der Waals surface area (Å²) in [6.07, 6.45) is -1.87. The number of nitrogens with two attached hydrogens (primary N) is 1. The molecule has 0 aliphatic heterocycles. The first-order valence-corrected chi connectivity index (χ1v) is 4.86. The number of halogens is 2. The maximum absolute atomic E-state index is 12.2. The van der Waals surface area contributed by atoms with E-state index in [9.17, 15) is 8.78 Å². The summed E-state index contributed by atoms with van der Waals surface area (Å²) in [7, 11) is 0. The summed E-state index contributed by atoms with van der Waals surface area (Å²) in [5.74, 6) is 0. The van der Waals surface area contributed by atoms with E-state index in [1.807, 2.05) is 6.92 Å². The number of thiocarbonyl (C=S) groups is 1. The number of aliphatic hydroxyl groups is 1. The van der Waals surface area contributed by atoms with Crippen molar-refractivity contribution in [2.45, 2.75) is 25.8 Å². The molecule has 1 unspecified atom stereocenters. The molecular formula is C8H16F2N2OS. The van der Waals surface area contributed by atoms with Crippen molar-refractivity contribution >= 4 is 17.2 Å². The molecule has 3 N–H and O–H groups in total. The Morgan fingerprint density at radius 2 is 2.14 bits per heavy atom. The van der Waals surface area contributed by atoms with Gasteiger partial charge in [0.15, 0.2) is 0 Å². The van der Waals surface area contributed by atoms with Gasteiger partial charge < -0.3 is 10.8 Å². The third kappa shape index (κ3) is 4.78. The van der Waals surface area contributed by atoms with Gasteiger partial charge in [0.05, 0.1) is 24.2 Å². The fourth-order valence-corrected chi connectivity index (χ4v) is 1.64. The molecule has 1 atom stereocenters. The molecule has 0 heterocycles. The fraction of sp³-hybridized carbons (Fsp3) is 0.875. The summed E-state index contributed by atoms with van der Waals surface area (Å²) in [4.78, 5) is 1.61. The zero-order valence-electron chi connectivity index (χ0n) is 8.12. The molecule has 0 spiro atoms. The van der Waals surface area contributed by atoms with Crippen molar-refractivity contribution in [3.8, 4) is 0 Å². The van der Waals surface area contributed by atoms with Crippen LogP contribution in [0.2, 0.25) is 0 Å². The topological polar surface area (TPSA) is 49.5 Å². The molecule has 0 fully saturated rings. The molecular weight excluding hydrogens is 210 g/mol. The van der Waals surface area contributed by atoms with Crippen molar-refractivity contribution in [1.82, 2.24) is 4.90 Å². The van der Waals surface area contributed by atoms with E-state index in [4.69, 9.17) is 23.1 Å². The maximum atomic E-state index is 12.2. The van der Waals surface area contributed by atoms with E-state index in [1.54, 1.807) is 0 Å². The van der Waals surface area contributed by atoms with Crippen molar-refractivity contribution in [2.75, 3.05) is 19.7 Å². The van der Waals surface area contributed by atoms with E-state index in [1.165, 1.54) is 4.90 Å². The monoisotopic (exact) mass is 226 g/mol. The first-order valence-electron chi connectivity index (χ1n) is 4.45. The van der Waals surface area contributed by atoms with Gasteiger partial charge in [0.2, 0.25) is 0 Å². The highest BCUT2D eigenvalue weighted by atomic mass is 32.1. The summed E-state index contributed by atoms with van der Waals surface area (Å²) in [5, 5.41) is 8.71. The Bertz CT molecular complexity index is 181. The van der Waals surface area contributed by atoms with Crippen LogP contribution in [-0.4, -0.2) is 47.2 Å². The summed E-state index contributed by atoms with van der Waals surface area (Å²) < 4.78 is 24.3. The summed E-state index contributed by atoms with van der Waals surface area (Å²) >= 11 is 4.77. The van der Waals surface area contributed by atoms with Crippen LogP contribution in [0.15, 0.2) is 0 Å². The molecule has 84 valence electrons. The molecule has 0 aromatic rings. The minimum absolute atomic E-state index is 0.167. The molecule has 3 nitrogen and oxygen atoms in total. The van der Waals surface area contributed by atoms with Crippen LogP contribution >= 0.6 is 12.2 Å². The van der Waals surface area contributed by atoms with Gasteiger partial charge in [-0.25, -0.2) is 8.78 Å². The Balaban J connectivity index is 4.34. The normalized spacial score (nSPS) is 13.6. The van der Waals surface area contributed by atoms with E-state index < -0.39 is 13.0 Å². The van der Waals surface area contributed by atoms with Gasteiger partial charge in [0.25, 0.3) is 6.43 Å². The van der Waals surface area contributed by atoms with Gasteiger partial charge in [-0.2, -0.15) is 0 Å². The van der Waals surface area contributed by atoms with Gasteiger partial charge in [-0.1, -0.05) is 19.1 Å². The smallest absolute Gasteiger partial charge is 0.251 e. The molecule has 0 radical (unpaired) electrons. The maximum Gasteiger partial charge on any atom is 0.251 e. The molecule has 0 rings (SSSR count). The number of alkyl halides is 2. The second-order valence-corrected chi connectivity index (χ2v) is 3.41. The largest absolute Gasteiger partial charge is 0.395 e. The molecule has 0 amide bonds. The number of nitrogens with zero attached hydrogens (tertiary/aromatic N) is 1. The molecule has 0 saturated carbocycles. The highest BCUT2D eigenvalue weighted by Crippen LogP contribution is 2.07. The SMILES string of the molecule is CCC(C(N)=S)N(CCO)CC(F)F. The quantitative estimate of drug-likeness (QED) is 0.625. The van der Waals surface area contributed by atoms with Crippen LogP contribution in [0.4, 0.5) is 8.78 Å². The van der Waals surface area contributed by atoms with Crippen LogP contribution < -0.4 is 5.73 Å². The van der Waals surface area contributed by atoms with Gasteiger partial charge in [0.1, 0.15) is 0 Å². The average Bonchev–Trinajstić information content (AvgIpc) is 2.03. The standard InChI is InChI=1S/C8H16F2N2OS/c1-2-6(8(11)14)12(3-4-13)5-7(9)10/h6-7,13H,2-5H2,1H3,(H2,11,14). The van der Waals surface area contributed by atoms with E-state index >= 15 is 0 Å². The Morgan fingerprint density at radius 1 is 1.57 bits per heavy atom. The summed E-state index contributed by atoms with van der Waals surface area (Å²) in [6, 6.07) is -0.355. The second kappa shape index (κ2) is 7.03. The summed E-state index contributed by atoms with van der Waals surface area (Å²) in [6.45, 7) is 1.40. The van der Waals surface area contributed by atoms with Gasteiger partial charge in [-0.05, 0) is 6.42 Å². The fourth-order valence-electron chi connectivity index (χ4n) is 1.32. The predicted molar refractivity (Wildman–Crippen MR) is 55.5 cm³/mol.